The van der Waals surface area contributed by atoms with Gasteiger partial charge in [0, 0.05) is 48.4 Å². The molecule has 2 aromatic carbocycles. The molecule has 3 heterocycles. The first-order valence-corrected chi connectivity index (χ1v) is 10.1. The Hall–Kier alpha value is -2.86. The van der Waals surface area contributed by atoms with Gasteiger partial charge in [-0.2, -0.15) is 0 Å². The van der Waals surface area contributed by atoms with Crippen molar-refractivity contribution in [3.05, 3.63) is 53.3 Å². The van der Waals surface area contributed by atoms with Gasteiger partial charge in [-0.15, -0.1) is 0 Å². The highest BCUT2D eigenvalue weighted by molar-refractivity contribution is 6.11. The zero-order chi connectivity index (χ0) is 20.1. The van der Waals surface area contributed by atoms with Crippen molar-refractivity contribution < 1.29 is 13.6 Å². The molecular weight excluding hydrogens is 369 g/mol. The molecule has 0 radical (unpaired) electrons. The maximum Gasteiger partial charge on any atom is 0.255 e. The van der Waals surface area contributed by atoms with Crippen molar-refractivity contribution >= 4 is 22.6 Å². The van der Waals surface area contributed by atoms with E-state index in [1.807, 2.05) is 6.07 Å². The lowest BCUT2D eigenvalue weighted by molar-refractivity contribution is 0.0964. The van der Waals surface area contributed by atoms with Crippen LogP contribution in [0.25, 0.3) is 22.3 Å². The van der Waals surface area contributed by atoms with Gasteiger partial charge in [-0.3, -0.25) is 9.69 Å². The molecule has 3 aromatic rings. The van der Waals surface area contributed by atoms with Gasteiger partial charge in [0.25, 0.3) is 5.91 Å². The van der Waals surface area contributed by atoms with Gasteiger partial charge in [0.1, 0.15) is 17.2 Å². The molecule has 0 saturated carbocycles. The molecule has 1 fully saturated rings. The molecule has 6 heteroatoms. The molecule has 2 aliphatic rings. The lowest BCUT2D eigenvalue weighted by Crippen LogP contribution is -2.34. The molecule has 29 heavy (non-hydrogen) atoms. The molecule has 1 unspecified atom stereocenters. The second-order valence-corrected chi connectivity index (χ2v) is 7.92. The van der Waals surface area contributed by atoms with Crippen LogP contribution in [0, 0.1) is 5.82 Å². The average Bonchev–Trinajstić information content (AvgIpc) is 3.32. The van der Waals surface area contributed by atoms with Crippen LogP contribution in [-0.4, -0.2) is 37.0 Å². The van der Waals surface area contributed by atoms with Crippen LogP contribution >= 0.6 is 0 Å². The lowest BCUT2D eigenvalue weighted by Gasteiger charge is -2.28. The summed E-state index contributed by atoms with van der Waals surface area (Å²) in [5.41, 5.74) is 4.06. The third-order valence-electron chi connectivity index (χ3n) is 6.32. The van der Waals surface area contributed by atoms with Gasteiger partial charge < -0.3 is 15.1 Å². The van der Waals surface area contributed by atoms with Crippen LogP contribution in [0.5, 0.6) is 0 Å². The molecule has 0 spiro atoms. The molecule has 2 aliphatic heterocycles. The Kier molecular flexibility index (Phi) is 4.32. The van der Waals surface area contributed by atoms with E-state index < -0.39 is 0 Å². The van der Waals surface area contributed by atoms with E-state index in [0.29, 0.717) is 28.5 Å². The van der Waals surface area contributed by atoms with Crippen molar-refractivity contribution in [1.29, 1.82) is 0 Å². The van der Waals surface area contributed by atoms with Crippen molar-refractivity contribution in [1.82, 2.24) is 10.2 Å². The number of carbonyl (C=O) groups excluding carboxylic acids is 1. The standard InChI is InChI=1S/C23H24FN3O2/c1-13-17-10-18-20(11-19(17)26-12-16-4-3-9-27(13)16)29-22(21(18)23(28)25-2)14-5-7-15(24)8-6-14/h5-8,10-11,13,16,26H,3-4,9,12H2,1-2H3,(H,25,28)/t13?,16-/m1/s1. The van der Waals surface area contributed by atoms with Crippen LogP contribution in [0.3, 0.4) is 0 Å². The van der Waals surface area contributed by atoms with E-state index in [1.54, 1.807) is 19.2 Å². The summed E-state index contributed by atoms with van der Waals surface area (Å²) in [6.45, 7) is 4.24. The molecule has 1 amide bonds. The summed E-state index contributed by atoms with van der Waals surface area (Å²) in [5.74, 6) is -0.0706. The Labute approximate surface area is 168 Å². The average molecular weight is 393 g/mol. The van der Waals surface area contributed by atoms with Crippen molar-refractivity contribution in [3.63, 3.8) is 0 Å². The van der Waals surface area contributed by atoms with E-state index in [9.17, 15) is 9.18 Å². The number of benzene rings is 2. The van der Waals surface area contributed by atoms with E-state index >= 15 is 0 Å². The highest BCUT2D eigenvalue weighted by Gasteiger charge is 2.34. The minimum atomic E-state index is -0.323. The minimum Gasteiger partial charge on any atom is -0.455 e. The van der Waals surface area contributed by atoms with E-state index in [2.05, 4.69) is 28.5 Å². The van der Waals surface area contributed by atoms with E-state index in [1.165, 1.54) is 30.5 Å². The van der Waals surface area contributed by atoms with Gasteiger partial charge in [-0.25, -0.2) is 4.39 Å². The monoisotopic (exact) mass is 393 g/mol. The number of amides is 1. The number of anilines is 1. The number of hydrogen-bond donors (Lipinski definition) is 2. The number of fused-ring (bicyclic) bond motifs is 3. The Balaban J connectivity index is 1.71. The predicted octanol–water partition coefficient (Wildman–Crippen LogP) is 4.55. The Morgan fingerprint density at radius 3 is 2.83 bits per heavy atom. The first-order valence-electron chi connectivity index (χ1n) is 10.1. The molecular formula is C23H24FN3O2. The number of nitrogens with one attached hydrogen (secondary N) is 2. The summed E-state index contributed by atoms with van der Waals surface area (Å²) < 4.78 is 19.5. The maximum absolute atomic E-state index is 13.4. The number of carbonyl (C=O) groups is 1. The second-order valence-electron chi connectivity index (χ2n) is 7.92. The van der Waals surface area contributed by atoms with Crippen LogP contribution in [0.1, 0.15) is 41.7 Å². The molecule has 2 atom stereocenters. The Bertz CT molecular complexity index is 1090. The van der Waals surface area contributed by atoms with E-state index in [4.69, 9.17) is 4.42 Å². The normalized spacial score (nSPS) is 21.3. The topological polar surface area (TPSA) is 57.5 Å². The molecule has 1 aromatic heterocycles. The fraction of sp³-hybridized carbons (Fsp3) is 0.348. The van der Waals surface area contributed by atoms with Crippen molar-refractivity contribution in [3.8, 4) is 11.3 Å². The molecule has 5 rings (SSSR count). The van der Waals surface area contributed by atoms with Crippen molar-refractivity contribution in [2.75, 3.05) is 25.5 Å². The van der Waals surface area contributed by atoms with Crippen LogP contribution in [0.4, 0.5) is 10.1 Å². The molecule has 0 aliphatic carbocycles. The Morgan fingerprint density at radius 1 is 1.28 bits per heavy atom. The largest absolute Gasteiger partial charge is 0.455 e. The summed E-state index contributed by atoms with van der Waals surface area (Å²) in [4.78, 5) is 15.3. The summed E-state index contributed by atoms with van der Waals surface area (Å²) in [6, 6.07) is 10.9. The van der Waals surface area contributed by atoms with Gasteiger partial charge in [0.2, 0.25) is 0 Å². The highest BCUT2D eigenvalue weighted by Crippen LogP contribution is 2.41. The van der Waals surface area contributed by atoms with Crippen LogP contribution < -0.4 is 10.6 Å². The zero-order valence-electron chi connectivity index (χ0n) is 16.6. The van der Waals surface area contributed by atoms with Gasteiger partial charge >= 0.3 is 0 Å². The maximum atomic E-state index is 13.4. The van der Waals surface area contributed by atoms with Gasteiger partial charge in [-0.05, 0) is 62.2 Å². The smallest absolute Gasteiger partial charge is 0.255 e. The van der Waals surface area contributed by atoms with Crippen molar-refractivity contribution in [2.45, 2.75) is 31.8 Å². The number of furan rings is 1. The van der Waals surface area contributed by atoms with Gasteiger partial charge in [0.05, 0.1) is 5.56 Å². The quantitative estimate of drug-likeness (QED) is 0.671. The first-order chi connectivity index (χ1) is 14.1. The minimum absolute atomic E-state index is 0.212. The first kappa shape index (κ1) is 18.2. The summed E-state index contributed by atoms with van der Waals surface area (Å²) in [5, 5.41) is 7.09. The molecule has 150 valence electrons. The second kappa shape index (κ2) is 6.88. The highest BCUT2D eigenvalue weighted by atomic mass is 19.1. The molecule has 5 nitrogen and oxygen atoms in total. The Morgan fingerprint density at radius 2 is 2.07 bits per heavy atom. The van der Waals surface area contributed by atoms with E-state index in [-0.39, 0.29) is 17.8 Å². The third kappa shape index (κ3) is 2.90. The summed E-state index contributed by atoms with van der Waals surface area (Å²) >= 11 is 0. The van der Waals surface area contributed by atoms with Gasteiger partial charge in [0.15, 0.2) is 0 Å². The van der Waals surface area contributed by atoms with E-state index in [0.717, 1.165) is 24.2 Å². The summed E-state index contributed by atoms with van der Waals surface area (Å²) in [7, 11) is 1.61. The zero-order valence-corrected chi connectivity index (χ0v) is 16.6. The molecule has 2 N–H and O–H groups in total. The SMILES string of the molecule is CNC(=O)c1c(-c2ccc(F)cc2)oc2cc3c(cc12)C(C)N1CCC[C@@H]1CN3. The summed E-state index contributed by atoms with van der Waals surface area (Å²) in [6.07, 6.45) is 2.43. The van der Waals surface area contributed by atoms with Crippen molar-refractivity contribution in [2.24, 2.45) is 0 Å². The third-order valence-corrected chi connectivity index (χ3v) is 6.32. The predicted molar refractivity (Wildman–Crippen MR) is 112 cm³/mol. The molecule has 1 saturated heterocycles. The molecule has 0 bridgehead atoms. The fourth-order valence-electron chi connectivity index (χ4n) is 4.81. The van der Waals surface area contributed by atoms with Crippen LogP contribution in [0.2, 0.25) is 0 Å². The van der Waals surface area contributed by atoms with Crippen LogP contribution in [-0.2, 0) is 0 Å². The lowest BCUT2D eigenvalue weighted by atomic mass is 9.99. The van der Waals surface area contributed by atoms with Crippen LogP contribution in [0.15, 0.2) is 40.8 Å². The fourth-order valence-corrected chi connectivity index (χ4v) is 4.81. The number of nitrogens with zero attached hydrogens (tertiary/aromatic N) is 1. The number of rotatable bonds is 2. The number of halogens is 1. The van der Waals surface area contributed by atoms with Gasteiger partial charge in [-0.1, -0.05) is 0 Å². The number of hydrogen-bond acceptors (Lipinski definition) is 4.